The molecule has 2 fully saturated rings. The first-order valence-corrected chi connectivity index (χ1v) is 6.46. The summed E-state index contributed by atoms with van der Waals surface area (Å²) < 4.78 is 5.03. The van der Waals surface area contributed by atoms with Crippen LogP contribution in [-0.2, 0) is 9.53 Å². The molecule has 0 heterocycles. The van der Waals surface area contributed by atoms with Crippen molar-refractivity contribution in [3.8, 4) is 0 Å². The van der Waals surface area contributed by atoms with E-state index in [1.807, 2.05) is 0 Å². The Bertz CT molecular complexity index is 298. The highest BCUT2D eigenvalue weighted by molar-refractivity contribution is 5.77. The monoisotopic (exact) mass is 222 g/mol. The van der Waals surface area contributed by atoms with Crippen LogP contribution in [0.25, 0.3) is 0 Å². The van der Waals surface area contributed by atoms with Crippen LogP contribution in [-0.4, -0.2) is 13.1 Å². The summed E-state index contributed by atoms with van der Waals surface area (Å²) in [5.41, 5.74) is 1.56. The SMILES string of the molecule is C/C=C1/CCCC2(CCCC2)C1C(=O)OC. The summed E-state index contributed by atoms with van der Waals surface area (Å²) in [6.07, 6.45) is 10.7. The fraction of sp³-hybridized carbons (Fsp3) is 0.786. The molecular formula is C14H22O2. The number of hydrogen-bond acceptors (Lipinski definition) is 2. The minimum Gasteiger partial charge on any atom is -0.469 e. The van der Waals surface area contributed by atoms with Gasteiger partial charge in [-0.3, -0.25) is 4.79 Å². The standard InChI is InChI=1S/C14H22O2/c1-3-11-7-6-10-14(8-4-5-9-14)12(11)13(15)16-2/h3,12H,4-10H2,1-2H3/b11-3-. The van der Waals surface area contributed by atoms with Gasteiger partial charge in [0.1, 0.15) is 0 Å². The van der Waals surface area contributed by atoms with E-state index in [9.17, 15) is 4.79 Å². The Hall–Kier alpha value is -0.790. The van der Waals surface area contributed by atoms with Gasteiger partial charge in [0.15, 0.2) is 0 Å². The largest absolute Gasteiger partial charge is 0.469 e. The van der Waals surface area contributed by atoms with Crippen molar-refractivity contribution in [2.24, 2.45) is 11.3 Å². The molecule has 0 saturated heterocycles. The summed E-state index contributed by atoms with van der Waals surface area (Å²) in [5, 5.41) is 0. The van der Waals surface area contributed by atoms with Crippen LogP contribution in [0.3, 0.4) is 0 Å². The van der Waals surface area contributed by atoms with Gasteiger partial charge in [0.05, 0.1) is 13.0 Å². The second kappa shape index (κ2) is 4.60. The molecule has 1 spiro atoms. The first-order chi connectivity index (χ1) is 7.73. The molecule has 2 nitrogen and oxygen atoms in total. The molecule has 2 rings (SSSR count). The van der Waals surface area contributed by atoms with Gasteiger partial charge in [-0.05, 0) is 44.4 Å². The van der Waals surface area contributed by atoms with Gasteiger partial charge in [-0.1, -0.05) is 24.5 Å². The number of esters is 1. The molecule has 0 radical (unpaired) electrons. The van der Waals surface area contributed by atoms with Crippen molar-refractivity contribution in [1.29, 1.82) is 0 Å². The third-order valence-corrected chi connectivity index (χ3v) is 4.53. The maximum atomic E-state index is 12.0. The van der Waals surface area contributed by atoms with Crippen molar-refractivity contribution in [3.63, 3.8) is 0 Å². The number of rotatable bonds is 1. The minimum atomic E-state index is -0.00491. The zero-order valence-electron chi connectivity index (χ0n) is 10.4. The summed E-state index contributed by atoms with van der Waals surface area (Å²) in [7, 11) is 1.52. The van der Waals surface area contributed by atoms with E-state index in [0.717, 1.165) is 6.42 Å². The number of allylic oxidation sites excluding steroid dienone is 1. The molecule has 90 valence electrons. The summed E-state index contributed by atoms with van der Waals surface area (Å²) >= 11 is 0. The second-order valence-corrected chi connectivity index (χ2v) is 5.24. The molecule has 1 unspecified atom stereocenters. The van der Waals surface area contributed by atoms with Gasteiger partial charge in [-0.2, -0.15) is 0 Å². The first-order valence-electron chi connectivity index (χ1n) is 6.46. The van der Waals surface area contributed by atoms with Crippen molar-refractivity contribution < 1.29 is 9.53 Å². The van der Waals surface area contributed by atoms with Crippen LogP contribution in [0.15, 0.2) is 11.6 Å². The fourth-order valence-electron chi connectivity index (χ4n) is 3.77. The van der Waals surface area contributed by atoms with Crippen LogP contribution in [0, 0.1) is 11.3 Å². The molecule has 0 N–H and O–H groups in total. The highest BCUT2D eigenvalue weighted by Gasteiger charge is 2.48. The summed E-state index contributed by atoms with van der Waals surface area (Å²) in [6, 6.07) is 0. The van der Waals surface area contributed by atoms with Crippen LogP contribution in [0.2, 0.25) is 0 Å². The first kappa shape index (κ1) is 11.7. The van der Waals surface area contributed by atoms with Crippen molar-refractivity contribution >= 4 is 5.97 Å². The number of hydrogen-bond donors (Lipinski definition) is 0. The van der Waals surface area contributed by atoms with E-state index in [2.05, 4.69) is 13.0 Å². The van der Waals surface area contributed by atoms with Crippen LogP contribution < -0.4 is 0 Å². The van der Waals surface area contributed by atoms with Crippen LogP contribution >= 0.6 is 0 Å². The molecule has 0 aromatic heterocycles. The molecule has 0 amide bonds. The average Bonchev–Trinajstić information content (AvgIpc) is 2.76. The second-order valence-electron chi connectivity index (χ2n) is 5.24. The summed E-state index contributed by atoms with van der Waals surface area (Å²) in [6.45, 7) is 2.05. The predicted octanol–water partition coefficient (Wildman–Crippen LogP) is 3.47. The number of carbonyl (C=O) groups is 1. The van der Waals surface area contributed by atoms with Crippen LogP contribution in [0.1, 0.15) is 51.9 Å². The van der Waals surface area contributed by atoms with E-state index >= 15 is 0 Å². The van der Waals surface area contributed by atoms with E-state index in [1.54, 1.807) is 0 Å². The Balaban J connectivity index is 2.31. The van der Waals surface area contributed by atoms with Crippen molar-refractivity contribution in [1.82, 2.24) is 0 Å². The van der Waals surface area contributed by atoms with Gasteiger partial charge in [0.25, 0.3) is 0 Å². The van der Waals surface area contributed by atoms with Crippen molar-refractivity contribution in [3.05, 3.63) is 11.6 Å². The van der Waals surface area contributed by atoms with Gasteiger partial charge in [-0.25, -0.2) is 0 Å². The van der Waals surface area contributed by atoms with Gasteiger partial charge in [-0.15, -0.1) is 0 Å². The number of methoxy groups -OCH3 is 1. The molecule has 2 aliphatic rings. The van der Waals surface area contributed by atoms with Crippen LogP contribution in [0.5, 0.6) is 0 Å². The van der Waals surface area contributed by atoms with E-state index in [1.165, 1.54) is 51.2 Å². The number of carbonyl (C=O) groups excluding carboxylic acids is 1. The van der Waals surface area contributed by atoms with Gasteiger partial charge < -0.3 is 4.74 Å². The average molecular weight is 222 g/mol. The molecule has 0 bridgehead atoms. The van der Waals surface area contributed by atoms with E-state index in [4.69, 9.17) is 4.74 Å². The Morgan fingerprint density at radius 1 is 1.31 bits per heavy atom. The number of ether oxygens (including phenoxy) is 1. The lowest BCUT2D eigenvalue weighted by molar-refractivity contribution is -0.149. The quantitative estimate of drug-likeness (QED) is 0.501. The molecule has 16 heavy (non-hydrogen) atoms. The summed E-state index contributed by atoms with van der Waals surface area (Å²) in [4.78, 5) is 12.0. The molecule has 2 saturated carbocycles. The normalized spacial score (nSPS) is 30.9. The smallest absolute Gasteiger partial charge is 0.313 e. The molecule has 2 aliphatic carbocycles. The molecule has 0 aromatic carbocycles. The third-order valence-electron chi connectivity index (χ3n) is 4.53. The molecule has 2 heteroatoms. The maximum absolute atomic E-state index is 12.0. The molecule has 0 aromatic rings. The predicted molar refractivity (Wildman–Crippen MR) is 64.0 cm³/mol. The Morgan fingerprint density at radius 3 is 2.50 bits per heavy atom. The zero-order chi connectivity index (χ0) is 11.6. The van der Waals surface area contributed by atoms with Crippen molar-refractivity contribution in [2.75, 3.05) is 7.11 Å². The zero-order valence-corrected chi connectivity index (χ0v) is 10.4. The fourth-order valence-corrected chi connectivity index (χ4v) is 3.77. The van der Waals surface area contributed by atoms with Crippen molar-refractivity contribution in [2.45, 2.75) is 51.9 Å². The van der Waals surface area contributed by atoms with Gasteiger partial charge in [0.2, 0.25) is 0 Å². The summed E-state index contributed by atoms with van der Waals surface area (Å²) in [5.74, 6) is 0.0495. The lowest BCUT2D eigenvalue weighted by atomic mass is 9.63. The highest BCUT2D eigenvalue weighted by Crippen LogP contribution is 2.54. The maximum Gasteiger partial charge on any atom is 0.313 e. The Kier molecular flexibility index (Phi) is 3.36. The Morgan fingerprint density at radius 2 is 1.94 bits per heavy atom. The molecule has 0 aliphatic heterocycles. The highest BCUT2D eigenvalue weighted by atomic mass is 16.5. The van der Waals surface area contributed by atoms with Crippen LogP contribution in [0.4, 0.5) is 0 Å². The van der Waals surface area contributed by atoms with Gasteiger partial charge >= 0.3 is 5.97 Å². The third kappa shape index (κ3) is 1.79. The lowest BCUT2D eigenvalue weighted by Gasteiger charge is -2.41. The molecule has 1 atom stereocenters. The van der Waals surface area contributed by atoms with Gasteiger partial charge in [0, 0.05) is 0 Å². The lowest BCUT2D eigenvalue weighted by Crippen LogP contribution is -2.38. The minimum absolute atomic E-state index is 0.00491. The van der Waals surface area contributed by atoms with E-state index < -0.39 is 0 Å². The van der Waals surface area contributed by atoms with E-state index in [-0.39, 0.29) is 17.3 Å². The van der Waals surface area contributed by atoms with E-state index in [0.29, 0.717) is 0 Å². The topological polar surface area (TPSA) is 26.3 Å². The Labute approximate surface area is 98.1 Å². The molecular weight excluding hydrogens is 200 g/mol.